The van der Waals surface area contributed by atoms with E-state index < -0.39 is 0 Å². The Balaban J connectivity index is 1.13. The molecule has 0 spiro atoms. The molecule has 35 heavy (non-hydrogen) atoms. The van der Waals surface area contributed by atoms with Crippen LogP contribution in [0.4, 0.5) is 0 Å². The molecule has 0 N–H and O–H groups in total. The Morgan fingerprint density at radius 3 is 2.11 bits per heavy atom. The predicted molar refractivity (Wildman–Crippen MR) is 148 cm³/mol. The van der Waals surface area contributed by atoms with E-state index in [1.165, 1.54) is 80.9 Å². The van der Waals surface area contributed by atoms with Gasteiger partial charge in [-0.15, -0.1) is 0 Å². The van der Waals surface area contributed by atoms with E-state index in [4.69, 9.17) is 4.74 Å². The minimum atomic E-state index is 0.609. The summed E-state index contributed by atoms with van der Waals surface area (Å²) in [6.07, 6.45) is 14.5. The first-order valence-corrected chi connectivity index (χ1v) is 14.2. The van der Waals surface area contributed by atoms with Crippen LogP contribution in [0, 0.1) is 17.8 Å². The van der Waals surface area contributed by atoms with Gasteiger partial charge in [0.05, 0.1) is 0 Å². The molecule has 2 saturated carbocycles. The summed E-state index contributed by atoms with van der Waals surface area (Å²) in [5, 5.41) is 0. The first-order valence-electron chi connectivity index (χ1n) is 14.2. The number of rotatable bonds is 9. The highest BCUT2D eigenvalue weighted by Crippen LogP contribution is 2.48. The van der Waals surface area contributed by atoms with Crippen molar-refractivity contribution < 1.29 is 4.74 Å². The SMILES string of the molecule is CCCCCC1CC[C@@H]2C[C@H](c3ccc(-c4ccc(OCc5ccccc5)cc4)cc3)CC[C@@H]2C1. The zero-order valence-corrected chi connectivity index (χ0v) is 21.5. The van der Waals surface area contributed by atoms with Gasteiger partial charge < -0.3 is 4.74 Å². The largest absolute Gasteiger partial charge is 0.489 e. The van der Waals surface area contributed by atoms with Gasteiger partial charge in [-0.05, 0) is 90.2 Å². The molecule has 1 nitrogen and oxygen atoms in total. The monoisotopic (exact) mass is 466 g/mol. The van der Waals surface area contributed by atoms with E-state index in [-0.39, 0.29) is 0 Å². The molecule has 2 aliphatic carbocycles. The number of ether oxygens (including phenoxy) is 1. The van der Waals surface area contributed by atoms with Crippen LogP contribution in [0.25, 0.3) is 11.1 Å². The van der Waals surface area contributed by atoms with E-state index in [9.17, 15) is 0 Å². The standard InChI is InChI=1S/C34H42O/c1-2-3-5-8-26-11-12-33-24-32(18-17-31(33)23-26)30-15-13-28(14-16-30)29-19-21-34(22-20-29)35-25-27-9-6-4-7-10-27/h4,6-7,9-10,13-16,19-22,26,31-33H,2-3,5,8,11-12,17-18,23-25H2,1H3/t26?,31-,32-,33-/m1/s1. The van der Waals surface area contributed by atoms with E-state index in [1.807, 2.05) is 6.07 Å². The van der Waals surface area contributed by atoms with Crippen LogP contribution in [0.1, 0.15) is 88.2 Å². The van der Waals surface area contributed by atoms with Gasteiger partial charge in [0.25, 0.3) is 0 Å². The number of hydrogen-bond donors (Lipinski definition) is 0. The average Bonchev–Trinajstić information content (AvgIpc) is 2.93. The summed E-state index contributed by atoms with van der Waals surface area (Å²) in [6, 6.07) is 28.3. The van der Waals surface area contributed by atoms with E-state index in [1.54, 1.807) is 5.56 Å². The molecule has 0 aromatic heterocycles. The summed E-state index contributed by atoms with van der Waals surface area (Å²) in [6.45, 7) is 2.93. The zero-order valence-electron chi connectivity index (χ0n) is 21.5. The summed E-state index contributed by atoms with van der Waals surface area (Å²) >= 11 is 0. The number of hydrogen-bond acceptors (Lipinski definition) is 1. The molecule has 3 aromatic carbocycles. The van der Waals surface area contributed by atoms with Crippen LogP contribution < -0.4 is 4.74 Å². The topological polar surface area (TPSA) is 9.23 Å². The van der Waals surface area contributed by atoms with Gasteiger partial charge in [0, 0.05) is 0 Å². The second-order valence-electron chi connectivity index (χ2n) is 11.1. The molecule has 1 unspecified atom stereocenters. The lowest BCUT2D eigenvalue weighted by molar-refractivity contribution is 0.113. The zero-order chi connectivity index (χ0) is 23.9. The smallest absolute Gasteiger partial charge is 0.119 e. The lowest BCUT2D eigenvalue weighted by Gasteiger charge is -2.42. The maximum absolute atomic E-state index is 5.96. The van der Waals surface area contributed by atoms with Crippen molar-refractivity contribution in [2.45, 2.75) is 83.7 Å². The maximum atomic E-state index is 5.96. The van der Waals surface area contributed by atoms with Crippen molar-refractivity contribution in [3.8, 4) is 16.9 Å². The Hall–Kier alpha value is -2.54. The third-order valence-electron chi connectivity index (χ3n) is 8.76. The minimum absolute atomic E-state index is 0.609. The van der Waals surface area contributed by atoms with Crippen LogP contribution in [-0.2, 0) is 6.61 Å². The van der Waals surface area contributed by atoms with Gasteiger partial charge in [-0.1, -0.05) is 106 Å². The summed E-state index contributed by atoms with van der Waals surface area (Å²) in [5.74, 6) is 4.68. The summed E-state index contributed by atoms with van der Waals surface area (Å²) in [5.41, 5.74) is 5.31. The van der Waals surface area contributed by atoms with E-state index in [0.29, 0.717) is 6.61 Å². The fourth-order valence-corrected chi connectivity index (χ4v) is 6.67. The van der Waals surface area contributed by atoms with Gasteiger partial charge in [-0.25, -0.2) is 0 Å². The highest BCUT2D eigenvalue weighted by Gasteiger charge is 2.35. The number of benzene rings is 3. The number of unbranched alkanes of at least 4 members (excludes halogenated alkanes) is 2. The van der Waals surface area contributed by atoms with Crippen LogP contribution in [0.15, 0.2) is 78.9 Å². The molecular weight excluding hydrogens is 424 g/mol. The molecule has 184 valence electrons. The van der Waals surface area contributed by atoms with Crippen LogP contribution in [0.5, 0.6) is 5.75 Å². The lowest BCUT2D eigenvalue weighted by Crippen LogP contribution is -2.30. The molecule has 5 rings (SSSR count). The second-order valence-corrected chi connectivity index (χ2v) is 11.1. The molecule has 0 amide bonds. The Morgan fingerprint density at radius 1 is 0.686 bits per heavy atom. The highest BCUT2D eigenvalue weighted by molar-refractivity contribution is 5.64. The van der Waals surface area contributed by atoms with E-state index >= 15 is 0 Å². The third kappa shape index (κ3) is 6.37. The van der Waals surface area contributed by atoms with Crippen LogP contribution in [-0.4, -0.2) is 0 Å². The second kappa shape index (κ2) is 11.9. The van der Waals surface area contributed by atoms with Crippen molar-refractivity contribution in [3.63, 3.8) is 0 Å². The molecule has 0 heterocycles. The molecule has 2 fully saturated rings. The van der Waals surface area contributed by atoms with Crippen molar-refractivity contribution in [1.29, 1.82) is 0 Å². The fraction of sp³-hybridized carbons (Fsp3) is 0.471. The predicted octanol–water partition coefficient (Wildman–Crippen LogP) is 9.81. The van der Waals surface area contributed by atoms with Crippen molar-refractivity contribution in [1.82, 2.24) is 0 Å². The summed E-state index contributed by atoms with van der Waals surface area (Å²) in [7, 11) is 0. The maximum Gasteiger partial charge on any atom is 0.119 e. The Kier molecular flexibility index (Phi) is 8.24. The van der Waals surface area contributed by atoms with Gasteiger partial charge in [-0.3, -0.25) is 0 Å². The number of fused-ring (bicyclic) bond motifs is 1. The average molecular weight is 467 g/mol. The summed E-state index contributed by atoms with van der Waals surface area (Å²) in [4.78, 5) is 0. The molecule has 1 heteroatoms. The molecule has 4 atom stereocenters. The lowest BCUT2D eigenvalue weighted by atomic mass is 9.63. The molecule has 0 radical (unpaired) electrons. The molecule has 0 aliphatic heterocycles. The van der Waals surface area contributed by atoms with Crippen molar-refractivity contribution >= 4 is 0 Å². The van der Waals surface area contributed by atoms with Crippen molar-refractivity contribution in [2.75, 3.05) is 0 Å². The third-order valence-corrected chi connectivity index (χ3v) is 8.76. The molecular formula is C34H42O. The van der Waals surface area contributed by atoms with Crippen molar-refractivity contribution in [2.24, 2.45) is 17.8 Å². The fourth-order valence-electron chi connectivity index (χ4n) is 6.67. The molecule has 3 aromatic rings. The van der Waals surface area contributed by atoms with Gasteiger partial charge >= 0.3 is 0 Å². The van der Waals surface area contributed by atoms with E-state index in [0.717, 1.165) is 29.4 Å². The van der Waals surface area contributed by atoms with Crippen LogP contribution in [0.3, 0.4) is 0 Å². The Labute approximate surface area is 212 Å². The molecule has 2 aliphatic rings. The first kappa shape index (κ1) is 24.2. The van der Waals surface area contributed by atoms with Crippen LogP contribution in [0.2, 0.25) is 0 Å². The normalized spacial score (nSPS) is 24.0. The molecule has 0 bridgehead atoms. The highest BCUT2D eigenvalue weighted by atomic mass is 16.5. The Bertz CT molecular complexity index is 1020. The minimum Gasteiger partial charge on any atom is -0.489 e. The van der Waals surface area contributed by atoms with Gasteiger partial charge in [0.2, 0.25) is 0 Å². The Morgan fingerprint density at radius 2 is 1.37 bits per heavy atom. The van der Waals surface area contributed by atoms with Gasteiger partial charge in [0.1, 0.15) is 12.4 Å². The van der Waals surface area contributed by atoms with Crippen molar-refractivity contribution in [3.05, 3.63) is 90.0 Å². The molecule has 0 saturated heterocycles. The van der Waals surface area contributed by atoms with Gasteiger partial charge in [0.15, 0.2) is 0 Å². The quantitative estimate of drug-likeness (QED) is 0.285. The van der Waals surface area contributed by atoms with E-state index in [2.05, 4.69) is 79.7 Å². The van der Waals surface area contributed by atoms with Gasteiger partial charge in [-0.2, -0.15) is 0 Å². The first-order chi connectivity index (χ1) is 17.3. The van der Waals surface area contributed by atoms with Crippen LogP contribution >= 0.6 is 0 Å². The summed E-state index contributed by atoms with van der Waals surface area (Å²) < 4.78 is 5.96.